The number of carbonyl (C=O) groups excluding carboxylic acids is 2. The molecular weight excluding hydrogens is 318 g/mol. The fourth-order valence-corrected chi connectivity index (χ4v) is 3.01. The van der Waals surface area contributed by atoms with Crippen LogP contribution in [0.25, 0.3) is 0 Å². The van der Waals surface area contributed by atoms with E-state index < -0.39 is 0 Å². The van der Waals surface area contributed by atoms with Gasteiger partial charge in [-0.05, 0) is 24.0 Å². The molecular formula is C20H25NO4. The van der Waals surface area contributed by atoms with Crippen molar-refractivity contribution in [2.24, 2.45) is 10.4 Å². The lowest BCUT2D eigenvalue weighted by Gasteiger charge is -2.30. The molecule has 1 aliphatic carbocycles. The number of carbonyl (C=O) groups is 2. The van der Waals surface area contributed by atoms with Crippen LogP contribution in [0.15, 0.2) is 40.6 Å². The second-order valence-electron chi connectivity index (χ2n) is 7.18. The van der Waals surface area contributed by atoms with Crippen molar-refractivity contribution in [1.29, 1.82) is 0 Å². The third-order valence-corrected chi connectivity index (χ3v) is 4.31. The normalized spacial score (nSPS) is 17.6. The van der Waals surface area contributed by atoms with E-state index in [1.165, 1.54) is 7.11 Å². The lowest BCUT2D eigenvalue weighted by atomic mass is 9.75. The zero-order valence-electron chi connectivity index (χ0n) is 15.3. The number of Topliss-reactive ketones (excluding diaryl/α,β-unsaturated/α-hetero) is 1. The van der Waals surface area contributed by atoms with Crippen LogP contribution < -0.4 is 0 Å². The van der Waals surface area contributed by atoms with Crippen molar-refractivity contribution in [1.82, 2.24) is 0 Å². The number of aliphatic hydroxyl groups excluding tert-OH is 1. The van der Waals surface area contributed by atoms with Crippen LogP contribution >= 0.6 is 0 Å². The average Bonchev–Trinajstić information content (AvgIpc) is 2.52. The smallest absolute Gasteiger partial charge is 0.305 e. The number of aliphatic hydroxyl groups is 1. The third-order valence-electron chi connectivity index (χ3n) is 4.31. The first kappa shape index (κ1) is 18.9. The summed E-state index contributed by atoms with van der Waals surface area (Å²) in [6.45, 7) is 5.83. The number of aryl methyl sites for hydroxylation is 1. The number of aliphatic imine (C=N–C) groups is 1. The highest BCUT2D eigenvalue weighted by molar-refractivity contribution is 6.24. The van der Waals surface area contributed by atoms with Gasteiger partial charge in [0.15, 0.2) is 5.78 Å². The molecule has 0 saturated carbocycles. The molecule has 0 aromatic heterocycles. The first-order chi connectivity index (χ1) is 11.7. The first-order valence-corrected chi connectivity index (χ1v) is 8.39. The number of ketones is 1. The van der Waals surface area contributed by atoms with Crippen molar-refractivity contribution in [3.05, 3.63) is 41.2 Å². The Bertz CT molecular complexity index is 744. The minimum absolute atomic E-state index is 0.0541. The number of hydrogen-bond donors (Lipinski definition) is 1. The summed E-state index contributed by atoms with van der Waals surface area (Å²) < 4.78 is 4.69. The summed E-state index contributed by atoms with van der Waals surface area (Å²) in [6, 6.07) is 7.55. The molecule has 0 heterocycles. The highest BCUT2D eigenvalue weighted by Crippen LogP contribution is 2.37. The molecule has 0 saturated heterocycles. The number of hydrogen-bond acceptors (Lipinski definition) is 5. The van der Waals surface area contributed by atoms with Crippen molar-refractivity contribution in [2.75, 3.05) is 7.11 Å². The van der Waals surface area contributed by atoms with Crippen LogP contribution in [0.5, 0.6) is 0 Å². The highest BCUT2D eigenvalue weighted by atomic mass is 16.5. The number of para-hydroxylation sites is 1. The van der Waals surface area contributed by atoms with Crippen molar-refractivity contribution in [3.63, 3.8) is 0 Å². The Kier molecular flexibility index (Phi) is 5.77. The van der Waals surface area contributed by atoms with Crippen molar-refractivity contribution in [3.8, 4) is 0 Å². The summed E-state index contributed by atoms with van der Waals surface area (Å²) in [7, 11) is 1.32. The van der Waals surface area contributed by atoms with Gasteiger partial charge < -0.3 is 9.84 Å². The molecule has 134 valence electrons. The van der Waals surface area contributed by atoms with Gasteiger partial charge >= 0.3 is 5.97 Å². The Morgan fingerprint density at radius 2 is 1.92 bits per heavy atom. The van der Waals surface area contributed by atoms with E-state index in [-0.39, 0.29) is 41.3 Å². The van der Waals surface area contributed by atoms with Gasteiger partial charge in [0, 0.05) is 19.3 Å². The second kappa shape index (κ2) is 7.64. The number of ether oxygens (including phenoxy) is 1. The molecule has 5 nitrogen and oxygen atoms in total. The number of nitrogens with zero attached hydrogens (tertiary/aromatic N) is 1. The first-order valence-electron chi connectivity index (χ1n) is 8.39. The van der Waals surface area contributed by atoms with Crippen LogP contribution in [0, 0.1) is 12.3 Å². The zero-order chi connectivity index (χ0) is 18.6. The molecule has 0 atom stereocenters. The van der Waals surface area contributed by atoms with E-state index in [4.69, 9.17) is 4.74 Å². The van der Waals surface area contributed by atoms with Crippen LogP contribution in [-0.2, 0) is 14.3 Å². The van der Waals surface area contributed by atoms with E-state index in [1.807, 2.05) is 45.0 Å². The maximum Gasteiger partial charge on any atom is 0.305 e. The summed E-state index contributed by atoms with van der Waals surface area (Å²) in [4.78, 5) is 28.8. The van der Waals surface area contributed by atoms with Gasteiger partial charge in [0.25, 0.3) is 0 Å². The van der Waals surface area contributed by atoms with Crippen molar-refractivity contribution >= 4 is 23.2 Å². The van der Waals surface area contributed by atoms with Gasteiger partial charge in [0.05, 0.1) is 30.5 Å². The third kappa shape index (κ3) is 4.78. The minimum Gasteiger partial charge on any atom is -0.511 e. The lowest BCUT2D eigenvalue weighted by molar-refractivity contribution is -0.140. The van der Waals surface area contributed by atoms with Gasteiger partial charge in [0.2, 0.25) is 0 Å². The number of benzene rings is 1. The van der Waals surface area contributed by atoms with Gasteiger partial charge in [-0.3, -0.25) is 14.6 Å². The number of methoxy groups -OCH3 is 1. The summed E-state index contributed by atoms with van der Waals surface area (Å²) in [5.74, 6) is -0.453. The Balaban J connectivity index is 2.46. The molecule has 0 aliphatic heterocycles. The van der Waals surface area contributed by atoms with Gasteiger partial charge in [0.1, 0.15) is 5.76 Å². The van der Waals surface area contributed by atoms with Gasteiger partial charge in [-0.2, -0.15) is 0 Å². The summed E-state index contributed by atoms with van der Waals surface area (Å²) in [5.41, 5.74) is 2.10. The highest BCUT2D eigenvalue weighted by Gasteiger charge is 2.35. The molecule has 2 rings (SSSR count). The molecule has 0 spiro atoms. The predicted octanol–water partition coefficient (Wildman–Crippen LogP) is 4.22. The van der Waals surface area contributed by atoms with Crippen LogP contribution in [0.1, 0.15) is 45.1 Å². The van der Waals surface area contributed by atoms with Gasteiger partial charge in [-0.1, -0.05) is 32.0 Å². The SMILES string of the molecule is COC(=O)CCC(=Nc1ccccc1C)C1=C(O)CC(C)(C)CC1=O. The van der Waals surface area contributed by atoms with Crippen molar-refractivity contribution < 1.29 is 19.4 Å². The molecule has 0 fully saturated rings. The molecule has 5 heteroatoms. The van der Waals surface area contributed by atoms with Crippen LogP contribution in [-0.4, -0.2) is 29.7 Å². The zero-order valence-corrected chi connectivity index (χ0v) is 15.3. The molecule has 0 amide bonds. The molecule has 1 N–H and O–H groups in total. The maximum atomic E-state index is 12.6. The molecule has 0 unspecified atom stereocenters. The van der Waals surface area contributed by atoms with Crippen LogP contribution in [0.4, 0.5) is 5.69 Å². The fourth-order valence-electron chi connectivity index (χ4n) is 3.01. The van der Waals surface area contributed by atoms with Gasteiger partial charge in [-0.15, -0.1) is 0 Å². The van der Waals surface area contributed by atoms with E-state index in [0.717, 1.165) is 11.3 Å². The second-order valence-corrected chi connectivity index (χ2v) is 7.18. The molecule has 1 aromatic carbocycles. The van der Waals surface area contributed by atoms with Crippen molar-refractivity contribution in [2.45, 2.75) is 46.5 Å². The predicted molar refractivity (Wildman–Crippen MR) is 97.2 cm³/mol. The van der Waals surface area contributed by atoms with E-state index in [9.17, 15) is 14.7 Å². The topological polar surface area (TPSA) is 76.0 Å². The number of allylic oxidation sites excluding steroid dienone is 2. The largest absolute Gasteiger partial charge is 0.511 e. The molecule has 0 radical (unpaired) electrons. The molecule has 25 heavy (non-hydrogen) atoms. The summed E-state index contributed by atoms with van der Waals surface area (Å²) in [5, 5.41) is 10.5. The number of esters is 1. The fraction of sp³-hybridized carbons (Fsp3) is 0.450. The Morgan fingerprint density at radius 3 is 2.52 bits per heavy atom. The summed E-state index contributed by atoms with van der Waals surface area (Å²) >= 11 is 0. The quantitative estimate of drug-likeness (QED) is 0.641. The van der Waals surface area contributed by atoms with E-state index in [0.29, 0.717) is 18.6 Å². The van der Waals surface area contributed by atoms with E-state index in [2.05, 4.69) is 4.99 Å². The Morgan fingerprint density at radius 1 is 1.24 bits per heavy atom. The van der Waals surface area contributed by atoms with E-state index in [1.54, 1.807) is 0 Å². The van der Waals surface area contributed by atoms with Crippen LogP contribution in [0.2, 0.25) is 0 Å². The van der Waals surface area contributed by atoms with Crippen LogP contribution in [0.3, 0.4) is 0 Å². The van der Waals surface area contributed by atoms with Gasteiger partial charge in [-0.25, -0.2) is 0 Å². The minimum atomic E-state index is -0.374. The lowest BCUT2D eigenvalue weighted by Crippen LogP contribution is -2.29. The summed E-state index contributed by atoms with van der Waals surface area (Å²) in [6.07, 6.45) is 1.11. The molecule has 1 aromatic rings. The monoisotopic (exact) mass is 343 g/mol. The Hall–Kier alpha value is -2.43. The number of rotatable bonds is 5. The van der Waals surface area contributed by atoms with E-state index >= 15 is 0 Å². The Labute approximate surface area is 148 Å². The molecule has 1 aliphatic rings. The molecule has 0 bridgehead atoms. The maximum absolute atomic E-state index is 12.6. The average molecular weight is 343 g/mol. The standard InChI is InChI=1S/C20H25NO4/c1-13-7-5-6-8-14(13)21-15(9-10-18(24)25-4)19-16(22)11-20(2,3)12-17(19)23/h5-8,22H,9-12H2,1-4H3.